The fourth-order valence-corrected chi connectivity index (χ4v) is 4.98. The zero-order valence-corrected chi connectivity index (χ0v) is 19.9. The molecule has 5 rings (SSSR count). The number of benzene rings is 1. The van der Waals surface area contributed by atoms with E-state index >= 15 is 0 Å². The molecule has 3 aromatic rings. The summed E-state index contributed by atoms with van der Waals surface area (Å²) in [7, 11) is 6.15. The van der Waals surface area contributed by atoms with Crippen LogP contribution in [0.25, 0.3) is 11.2 Å². The molecule has 3 heterocycles. The Morgan fingerprint density at radius 1 is 1.24 bits per heavy atom. The molecule has 1 saturated heterocycles. The van der Waals surface area contributed by atoms with E-state index in [0.29, 0.717) is 11.1 Å². The molecule has 1 N–H and O–H groups in total. The molecule has 34 heavy (non-hydrogen) atoms. The number of piperidine rings is 1. The maximum atomic E-state index is 13.0. The van der Waals surface area contributed by atoms with Crippen LogP contribution in [-0.4, -0.2) is 57.8 Å². The number of halogens is 1. The zero-order chi connectivity index (χ0) is 23.7. The Morgan fingerprint density at radius 3 is 2.74 bits per heavy atom. The molecule has 0 saturated carbocycles. The van der Waals surface area contributed by atoms with Crippen LogP contribution in [0.3, 0.4) is 0 Å². The van der Waals surface area contributed by atoms with Crippen molar-refractivity contribution in [3.8, 4) is 0 Å². The average molecular weight is 472 g/mol. The van der Waals surface area contributed by atoms with Gasteiger partial charge < -0.3 is 10.2 Å². The summed E-state index contributed by atoms with van der Waals surface area (Å²) in [5.41, 5.74) is 3.98. The highest BCUT2D eigenvalue weighted by Crippen LogP contribution is 2.30. The van der Waals surface area contributed by atoms with E-state index in [-0.39, 0.29) is 23.2 Å². The monoisotopic (exact) mass is 471 g/mol. The van der Waals surface area contributed by atoms with Gasteiger partial charge in [-0.25, -0.2) is 4.98 Å². The number of alkyl halides is 1. The highest BCUT2D eigenvalue weighted by atomic mass is 35.5. The second kappa shape index (κ2) is 9.67. The first-order valence-corrected chi connectivity index (χ1v) is 12.2. The van der Waals surface area contributed by atoms with Gasteiger partial charge >= 0.3 is 0 Å². The molecule has 0 spiro atoms. The zero-order valence-electron chi connectivity index (χ0n) is 19.2. The maximum Gasteiger partial charge on any atom is 0.229 e. The lowest BCUT2D eigenvalue weighted by Crippen LogP contribution is -2.44. The third-order valence-electron chi connectivity index (χ3n) is 6.72. The number of allylic oxidation sites excluding steroid dienone is 4. The Bertz CT molecular complexity index is 1250. The molecular formula is C26H27BClN5O. The van der Waals surface area contributed by atoms with Crippen LogP contribution >= 0.6 is 11.6 Å². The van der Waals surface area contributed by atoms with Crippen molar-refractivity contribution in [1.29, 1.82) is 0 Å². The molecule has 1 amide bonds. The van der Waals surface area contributed by atoms with E-state index in [1.807, 2.05) is 60.4 Å². The first-order chi connectivity index (χ1) is 16.5. The van der Waals surface area contributed by atoms with Crippen LogP contribution in [-0.2, 0) is 4.79 Å². The first-order valence-electron chi connectivity index (χ1n) is 11.8. The minimum absolute atomic E-state index is 0.127. The smallest absolute Gasteiger partial charge is 0.229 e. The predicted octanol–water partition coefficient (Wildman–Crippen LogP) is 3.68. The second-order valence-corrected chi connectivity index (χ2v) is 9.52. The fraction of sp³-hybridized carbons (Fsp3) is 0.346. The Labute approximate surface area is 206 Å². The number of hydrogen-bond acceptors (Lipinski definition) is 4. The molecule has 6 nitrogen and oxygen atoms in total. The van der Waals surface area contributed by atoms with Crippen molar-refractivity contribution in [3.63, 3.8) is 0 Å². The van der Waals surface area contributed by atoms with E-state index in [2.05, 4.69) is 16.5 Å². The average Bonchev–Trinajstić information content (AvgIpc) is 3.25. The molecule has 172 valence electrons. The van der Waals surface area contributed by atoms with E-state index in [0.717, 1.165) is 55.0 Å². The highest BCUT2D eigenvalue weighted by molar-refractivity contribution is 6.36. The molecule has 2 aliphatic rings. The van der Waals surface area contributed by atoms with Gasteiger partial charge in [-0.05, 0) is 42.8 Å². The number of hydrogen-bond donors (Lipinski definition) is 1. The molecule has 2 atom stereocenters. The lowest BCUT2D eigenvalue weighted by Gasteiger charge is -2.34. The largest absolute Gasteiger partial charge is 0.367 e. The highest BCUT2D eigenvalue weighted by Gasteiger charge is 2.27. The quantitative estimate of drug-likeness (QED) is 0.455. The third kappa shape index (κ3) is 4.49. The summed E-state index contributed by atoms with van der Waals surface area (Å²) in [6.45, 7) is 3.42. The molecule has 2 unspecified atom stereocenters. The summed E-state index contributed by atoms with van der Waals surface area (Å²) in [6.07, 6.45) is 10.2. The summed E-state index contributed by atoms with van der Waals surface area (Å²) in [5.74, 6) is 0.878. The number of carbonyl (C=O) groups excluding carboxylic acids is 1. The van der Waals surface area contributed by atoms with Gasteiger partial charge in [-0.1, -0.05) is 48.6 Å². The summed E-state index contributed by atoms with van der Waals surface area (Å²) in [5, 5.41) is 7.93. The standard InChI is InChI=1S/C26H27BClN5O/c1-17(18-7-3-2-4-8-18)26(34)32-13-11-19(12-14-32)30-24-15-23(20-9-5-6-10-22(20)28)31-25-21(27)16-29-33(24)25/h2-9,15-17,19,22,30H,10-14H2,1H3. The number of aromatic nitrogens is 3. The van der Waals surface area contributed by atoms with Gasteiger partial charge in [-0.15, -0.1) is 11.6 Å². The Balaban J connectivity index is 1.31. The third-order valence-corrected chi connectivity index (χ3v) is 7.13. The Hall–Kier alpha value is -3.06. The van der Waals surface area contributed by atoms with Crippen LogP contribution in [0.5, 0.6) is 0 Å². The number of likely N-dealkylation sites (tertiary alicyclic amines) is 1. The summed E-state index contributed by atoms with van der Waals surface area (Å²) in [4.78, 5) is 19.8. The molecule has 1 aliphatic heterocycles. The number of rotatable bonds is 5. The minimum atomic E-state index is -0.138. The Morgan fingerprint density at radius 2 is 2.00 bits per heavy atom. The van der Waals surface area contributed by atoms with Crippen LogP contribution in [0, 0.1) is 0 Å². The second-order valence-electron chi connectivity index (χ2n) is 8.99. The number of fused-ring (bicyclic) bond motifs is 1. The minimum Gasteiger partial charge on any atom is -0.367 e. The molecule has 2 aromatic heterocycles. The van der Waals surface area contributed by atoms with Crippen LogP contribution in [0.4, 0.5) is 5.82 Å². The van der Waals surface area contributed by atoms with E-state index < -0.39 is 0 Å². The van der Waals surface area contributed by atoms with Gasteiger partial charge in [0.25, 0.3) is 0 Å². The van der Waals surface area contributed by atoms with Gasteiger partial charge in [0.2, 0.25) is 5.91 Å². The number of carbonyl (C=O) groups is 1. The number of anilines is 1. The van der Waals surface area contributed by atoms with Crippen molar-refractivity contribution in [2.45, 2.75) is 43.5 Å². The van der Waals surface area contributed by atoms with E-state index in [9.17, 15) is 4.79 Å². The first kappa shape index (κ1) is 22.7. The summed E-state index contributed by atoms with van der Waals surface area (Å²) >= 11 is 6.57. The van der Waals surface area contributed by atoms with Crippen LogP contribution in [0.1, 0.15) is 43.4 Å². The number of amides is 1. The van der Waals surface area contributed by atoms with Crippen molar-refractivity contribution >= 4 is 47.9 Å². The van der Waals surface area contributed by atoms with Crippen molar-refractivity contribution in [1.82, 2.24) is 19.5 Å². The number of nitrogens with zero attached hydrogens (tertiary/aromatic N) is 4. The Kier molecular flexibility index (Phi) is 6.46. The molecule has 1 aliphatic carbocycles. The van der Waals surface area contributed by atoms with E-state index in [4.69, 9.17) is 24.4 Å². The van der Waals surface area contributed by atoms with Crippen LogP contribution in [0.2, 0.25) is 0 Å². The van der Waals surface area contributed by atoms with Crippen molar-refractivity contribution in [3.05, 3.63) is 72.1 Å². The van der Waals surface area contributed by atoms with Gasteiger partial charge in [0.15, 0.2) is 5.65 Å². The van der Waals surface area contributed by atoms with Crippen LogP contribution in [0.15, 0.2) is 60.8 Å². The predicted molar refractivity (Wildman–Crippen MR) is 138 cm³/mol. The molecule has 0 bridgehead atoms. The molecule has 2 radical (unpaired) electrons. The van der Waals surface area contributed by atoms with Gasteiger partial charge in [0.1, 0.15) is 13.7 Å². The molecule has 1 aromatic carbocycles. The van der Waals surface area contributed by atoms with Gasteiger partial charge in [0.05, 0.1) is 17.0 Å². The van der Waals surface area contributed by atoms with Gasteiger partial charge in [-0.2, -0.15) is 9.61 Å². The van der Waals surface area contributed by atoms with Crippen LogP contribution < -0.4 is 10.8 Å². The number of nitrogens with one attached hydrogen (secondary N) is 1. The lowest BCUT2D eigenvalue weighted by atomic mass is 9.97. The normalized spacial score (nSPS) is 19.8. The topological polar surface area (TPSA) is 62.5 Å². The SMILES string of the molecule is [B]c1cnn2c(NC3CCN(C(=O)C(C)c4ccccc4)CC3)cc(C3=CC=CCC3Cl)nc12. The summed E-state index contributed by atoms with van der Waals surface area (Å²) < 4.78 is 1.75. The molecule has 1 fully saturated rings. The van der Waals surface area contributed by atoms with E-state index in [1.165, 1.54) is 0 Å². The summed E-state index contributed by atoms with van der Waals surface area (Å²) in [6, 6.07) is 12.2. The van der Waals surface area contributed by atoms with Crippen molar-refractivity contribution in [2.75, 3.05) is 18.4 Å². The molecule has 8 heteroatoms. The fourth-order valence-electron chi connectivity index (χ4n) is 4.69. The lowest BCUT2D eigenvalue weighted by molar-refractivity contribution is -0.133. The maximum absolute atomic E-state index is 13.0. The van der Waals surface area contributed by atoms with E-state index in [1.54, 1.807) is 10.7 Å². The van der Waals surface area contributed by atoms with Crippen molar-refractivity contribution in [2.24, 2.45) is 0 Å². The van der Waals surface area contributed by atoms with Gasteiger partial charge in [0, 0.05) is 31.4 Å². The molecular weight excluding hydrogens is 445 g/mol. The van der Waals surface area contributed by atoms with Crippen molar-refractivity contribution < 1.29 is 4.79 Å². The van der Waals surface area contributed by atoms with Gasteiger partial charge in [-0.3, -0.25) is 4.79 Å².